The summed E-state index contributed by atoms with van der Waals surface area (Å²) >= 11 is 5.87. The number of carbonyl (C=O) groups excluding carboxylic acids is 1. The molecule has 118 valence electrons. The van der Waals surface area contributed by atoms with Crippen LogP contribution >= 0.6 is 11.6 Å². The maximum Gasteiger partial charge on any atom is 0.271 e. The van der Waals surface area contributed by atoms with E-state index in [2.05, 4.69) is 15.2 Å². The van der Waals surface area contributed by atoms with E-state index < -0.39 is 0 Å². The predicted molar refractivity (Wildman–Crippen MR) is 78.8 cm³/mol. The molecule has 8 heteroatoms. The van der Waals surface area contributed by atoms with E-state index in [1.54, 1.807) is 17.2 Å². The molecule has 1 unspecified atom stereocenters. The highest BCUT2D eigenvalue weighted by Gasteiger charge is 2.34. The SMILES string of the molecule is CC(C)c1nnc(C2COCCN2C(=O)c2cc(Cl)c[nH]2)o1. The minimum absolute atomic E-state index is 0.136. The summed E-state index contributed by atoms with van der Waals surface area (Å²) in [5.74, 6) is 0.923. The van der Waals surface area contributed by atoms with Gasteiger partial charge in [-0.1, -0.05) is 25.4 Å². The molecule has 2 aromatic rings. The van der Waals surface area contributed by atoms with Crippen molar-refractivity contribution in [3.63, 3.8) is 0 Å². The zero-order chi connectivity index (χ0) is 15.7. The first-order chi connectivity index (χ1) is 10.6. The Kier molecular flexibility index (Phi) is 4.17. The first-order valence-corrected chi connectivity index (χ1v) is 7.50. The molecule has 1 aliphatic rings. The van der Waals surface area contributed by atoms with Crippen LogP contribution in [0.3, 0.4) is 0 Å². The van der Waals surface area contributed by atoms with E-state index in [0.29, 0.717) is 42.3 Å². The van der Waals surface area contributed by atoms with E-state index in [1.165, 1.54) is 0 Å². The number of carbonyl (C=O) groups is 1. The lowest BCUT2D eigenvalue weighted by Crippen LogP contribution is -2.43. The Hall–Kier alpha value is -1.86. The van der Waals surface area contributed by atoms with Crippen LogP contribution in [0, 0.1) is 0 Å². The highest BCUT2D eigenvalue weighted by molar-refractivity contribution is 6.30. The molecule has 1 atom stereocenters. The molecule has 0 radical (unpaired) electrons. The quantitative estimate of drug-likeness (QED) is 0.937. The molecule has 1 N–H and O–H groups in total. The van der Waals surface area contributed by atoms with Gasteiger partial charge in [0, 0.05) is 18.7 Å². The molecule has 0 bridgehead atoms. The van der Waals surface area contributed by atoms with Crippen molar-refractivity contribution in [2.75, 3.05) is 19.8 Å². The van der Waals surface area contributed by atoms with Gasteiger partial charge in [0.1, 0.15) is 11.7 Å². The lowest BCUT2D eigenvalue weighted by atomic mass is 10.2. The third-order valence-corrected chi connectivity index (χ3v) is 3.72. The molecule has 3 heterocycles. The van der Waals surface area contributed by atoms with Crippen molar-refractivity contribution in [1.29, 1.82) is 0 Å². The van der Waals surface area contributed by atoms with Gasteiger partial charge in [0.2, 0.25) is 11.8 Å². The van der Waals surface area contributed by atoms with Crippen LogP contribution in [-0.2, 0) is 4.74 Å². The molecule has 1 aliphatic heterocycles. The summed E-state index contributed by atoms with van der Waals surface area (Å²) in [5.41, 5.74) is 0.431. The number of morpholine rings is 1. The smallest absolute Gasteiger partial charge is 0.271 e. The van der Waals surface area contributed by atoms with E-state index in [-0.39, 0.29) is 17.9 Å². The van der Waals surface area contributed by atoms with Gasteiger partial charge < -0.3 is 19.0 Å². The lowest BCUT2D eigenvalue weighted by molar-refractivity contribution is -0.0110. The first kappa shape index (κ1) is 15.1. The fraction of sp³-hybridized carbons (Fsp3) is 0.500. The molecule has 0 aromatic carbocycles. The third-order valence-electron chi connectivity index (χ3n) is 3.50. The highest BCUT2D eigenvalue weighted by Crippen LogP contribution is 2.26. The van der Waals surface area contributed by atoms with Gasteiger partial charge in [-0.25, -0.2) is 0 Å². The van der Waals surface area contributed by atoms with Gasteiger partial charge in [0.15, 0.2) is 0 Å². The largest absolute Gasteiger partial charge is 0.423 e. The highest BCUT2D eigenvalue weighted by atomic mass is 35.5. The average Bonchev–Trinajstić information content (AvgIpc) is 3.15. The summed E-state index contributed by atoms with van der Waals surface area (Å²) in [4.78, 5) is 17.2. The van der Waals surface area contributed by atoms with E-state index in [9.17, 15) is 4.79 Å². The molecule has 0 saturated carbocycles. The second kappa shape index (κ2) is 6.10. The van der Waals surface area contributed by atoms with E-state index in [0.717, 1.165) is 0 Å². The van der Waals surface area contributed by atoms with Gasteiger partial charge >= 0.3 is 0 Å². The Bertz CT molecular complexity index is 667. The number of nitrogens with one attached hydrogen (secondary N) is 1. The molecule has 1 saturated heterocycles. The number of ether oxygens (including phenoxy) is 1. The number of halogens is 1. The number of hydrogen-bond acceptors (Lipinski definition) is 5. The van der Waals surface area contributed by atoms with Gasteiger partial charge in [-0.3, -0.25) is 4.79 Å². The fourth-order valence-electron chi connectivity index (χ4n) is 2.31. The van der Waals surface area contributed by atoms with Crippen LogP contribution < -0.4 is 0 Å². The standard InChI is InChI=1S/C14H17ClN4O3/c1-8(2)12-17-18-13(22-12)11-7-21-4-3-19(11)14(20)10-5-9(15)6-16-10/h5-6,8,11,16H,3-4,7H2,1-2H3. The first-order valence-electron chi connectivity index (χ1n) is 7.12. The molecule has 3 rings (SSSR count). The monoisotopic (exact) mass is 324 g/mol. The van der Waals surface area contributed by atoms with Gasteiger partial charge in [-0.2, -0.15) is 0 Å². The van der Waals surface area contributed by atoms with E-state index in [4.69, 9.17) is 20.8 Å². The lowest BCUT2D eigenvalue weighted by Gasteiger charge is -2.33. The third kappa shape index (κ3) is 2.86. The number of aromatic nitrogens is 3. The molecule has 0 spiro atoms. The summed E-state index contributed by atoms with van der Waals surface area (Å²) in [6.07, 6.45) is 1.58. The Labute approximate surface area is 132 Å². The van der Waals surface area contributed by atoms with Crippen molar-refractivity contribution < 1.29 is 13.9 Å². The zero-order valence-electron chi connectivity index (χ0n) is 12.4. The molecular weight excluding hydrogens is 308 g/mol. The van der Waals surface area contributed by atoms with E-state index in [1.807, 2.05) is 13.8 Å². The van der Waals surface area contributed by atoms with Crippen molar-refractivity contribution >= 4 is 17.5 Å². The summed E-state index contributed by atoms with van der Waals surface area (Å²) in [5, 5.41) is 8.58. The number of amides is 1. The Morgan fingerprint density at radius 1 is 1.50 bits per heavy atom. The Balaban J connectivity index is 1.85. The maximum absolute atomic E-state index is 12.6. The average molecular weight is 325 g/mol. The predicted octanol–water partition coefficient (Wildman–Crippen LogP) is 2.39. The van der Waals surface area contributed by atoms with E-state index >= 15 is 0 Å². The van der Waals surface area contributed by atoms with Gasteiger partial charge in [0.05, 0.1) is 18.2 Å². The Morgan fingerprint density at radius 2 is 2.32 bits per heavy atom. The van der Waals surface area contributed by atoms with Crippen LogP contribution in [0.15, 0.2) is 16.7 Å². The summed E-state index contributed by atoms with van der Waals surface area (Å²) in [6, 6.07) is 1.22. The van der Waals surface area contributed by atoms with Crippen molar-refractivity contribution in [3.8, 4) is 0 Å². The number of hydrogen-bond donors (Lipinski definition) is 1. The van der Waals surface area contributed by atoms with Crippen LogP contribution in [-0.4, -0.2) is 45.7 Å². The number of aromatic amines is 1. The van der Waals surface area contributed by atoms with Crippen LogP contribution in [0.25, 0.3) is 0 Å². The Morgan fingerprint density at radius 3 is 2.95 bits per heavy atom. The summed E-state index contributed by atoms with van der Waals surface area (Å²) in [6.45, 7) is 5.21. The van der Waals surface area contributed by atoms with Crippen molar-refractivity contribution in [1.82, 2.24) is 20.1 Å². The number of H-pyrrole nitrogens is 1. The molecular formula is C14H17ClN4O3. The molecule has 2 aromatic heterocycles. The van der Waals surface area contributed by atoms with Crippen molar-refractivity contribution in [2.24, 2.45) is 0 Å². The maximum atomic E-state index is 12.6. The molecule has 1 fully saturated rings. The van der Waals surface area contributed by atoms with Crippen molar-refractivity contribution in [3.05, 3.63) is 34.8 Å². The number of nitrogens with zero attached hydrogens (tertiary/aromatic N) is 3. The summed E-state index contributed by atoms with van der Waals surface area (Å²) < 4.78 is 11.1. The van der Waals surface area contributed by atoms with Crippen LogP contribution in [0.4, 0.5) is 0 Å². The van der Waals surface area contributed by atoms with Crippen LogP contribution in [0.5, 0.6) is 0 Å². The minimum Gasteiger partial charge on any atom is -0.423 e. The topological polar surface area (TPSA) is 84.3 Å². The zero-order valence-corrected chi connectivity index (χ0v) is 13.1. The van der Waals surface area contributed by atoms with Gasteiger partial charge in [-0.05, 0) is 6.07 Å². The fourth-order valence-corrected chi connectivity index (χ4v) is 2.48. The normalized spacial score (nSPS) is 18.9. The van der Waals surface area contributed by atoms with Crippen molar-refractivity contribution in [2.45, 2.75) is 25.8 Å². The van der Waals surface area contributed by atoms with Crippen LogP contribution in [0.2, 0.25) is 5.02 Å². The molecule has 22 heavy (non-hydrogen) atoms. The van der Waals surface area contributed by atoms with Crippen LogP contribution in [0.1, 0.15) is 48.1 Å². The summed E-state index contributed by atoms with van der Waals surface area (Å²) in [7, 11) is 0. The minimum atomic E-state index is -0.386. The van der Waals surface area contributed by atoms with Gasteiger partial charge in [-0.15, -0.1) is 10.2 Å². The molecule has 7 nitrogen and oxygen atoms in total. The number of rotatable bonds is 3. The molecule has 1 amide bonds. The van der Waals surface area contributed by atoms with Gasteiger partial charge in [0.25, 0.3) is 5.91 Å². The second-order valence-electron chi connectivity index (χ2n) is 5.45. The molecule has 0 aliphatic carbocycles. The second-order valence-corrected chi connectivity index (χ2v) is 5.89.